The maximum Gasteiger partial charge on any atom is 0.326 e. The monoisotopic (exact) mass is 394 g/mol. The number of amides is 1. The summed E-state index contributed by atoms with van der Waals surface area (Å²) in [5.74, 6) is -1.80. The predicted octanol–water partition coefficient (Wildman–Crippen LogP) is 2.86. The van der Waals surface area contributed by atoms with Gasteiger partial charge in [0.2, 0.25) is 0 Å². The number of benzene rings is 2. The van der Waals surface area contributed by atoms with E-state index >= 15 is 0 Å². The Morgan fingerprint density at radius 3 is 2.85 bits per heavy atom. The van der Waals surface area contributed by atoms with Crippen LogP contribution in [-0.2, 0) is 20.9 Å². The fourth-order valence-corrected chi connectivity index (χ4v) is 2.69. The van der Waals surface area contributed by atoms with Crippen LogP contribution in [0.5, 0.6) is 5.75 Å². The van der Waals surface area contributed by atoms with Crippen LogP contribution in [0.3, 0.4) is 0 Å². The van der Waals surface area contributed by atoms with Gasteiger partial charge in [-0.15, -0.1) is 0 Å². The molecule has 0 atom stereocenters. The van der Waals surface area contributed by atoms with Crippen LogP contribution in [0.2, 0.25) is 5.02 Å². The molecule has 0 unspecified atom stereocenters. The Morgan fingerprint density at radius 2 is 2.15 bits per heavy atom. The van der Waals surface area contributed by atoms with Crippen molar-refractivity contribution >= 4 is 34.9 Å². The van der Waals surface area contributed by atoms with E-state index in [-0.39, 0.29) is 34.3 Å². The second-order valence-corrected chi connectivity index (χ2v) is 5.95. The summed E-state index contributed by atoms with van der Waals surface area (Å²) in [5, 5.41) is 11.0. The lowest BCUT2D eigenvalue weighted by Crippen LogP contribution is -2.42. The van der Waals surface area contributed by atoms with Crippen molar-refractivity contribution in [2.75, 3.05) is 18.1 Å². The maximum atomic E-state index is 13.7. The Kier molecular flexibility index (Phi) is 5.22. The molecular formula is C17H12ClFN2O6. The summed E-state index contributed by atoms with van der Waals surface area (Å²) in [7, 11) is 0. The van der Waals surface area contributed by atoms with Gasteiger partial charge in [0.15, 0.2) is 6.61 Å². The molecule has 1 heterocycles. The molecule has 8 nitrogen and oxygen atoms in total. The molecule has 0 radical (unpaired) electrons. The highest BCUT2D eigenvalue weighted by molar-refractivity contribution is 6.31. The lowest BCUT2D eigenvalue weighted by atomic mass is 10.2. The third-order valence-electron chi connectivity index (χ3n) is 3.82. The Morgan fingerprint density at radius 1 is 1.37 bits per heavy atom. The number of ether oxygens (including phenoxy) is 2. The predicted molar refractivity (Wildman–Crippen MR) is 92.2 cm³/mol. The van der Waals surface area contributed by atoms with Gasteiger partial charge in [-0.05, 0) is 18.2 Å². The van der Waals surface area contributed by atoms with Crippen LogP contribution in [0.1, 0.15) is 5.56 Å². The summed E-state index contributed by atoms with van der Waals surface area (Å²) in [4.78, 5) is 35.6. The molecule has 0 N–H and O–H groups in total. The SMILES string of the molecule is O=C(CN1C(=O)COc2ccc([N+](=O)[O-])cc21)OCc1c(F)cccc1Cl. The third kappa shape index (κ3) is 3.98. The molecule has 27 heavy (non-hydrogen) atoms. The smallest absolute Gasteiger partial charge is 0.326 e. The van der Waals surface area contributed by atoms with Gasteiger partial charge in [0.25, 0.3) is 11.6 Å². The summed E-state index contributed by atoms with van der Waals surface area (Å²) in [6.07, 6.45) is 0. The van der Waals surface area contributed by atoms with E-state index in [0.717, 1.165) is 11.0 Å². The topological polar surface area (TPSA) is 99.0 Å². The largest absolute Gasteiger partial charge is 0.482 e. The molecule has 2 aromatic rings. The van der Waals surface area contributed by atoms with Crippen molar-refractivity contribution in [1.29, 1.82) is 0 Å². The van der Waals surface area contributed by atoms with E-state index in [4.69, 9.17) is 21.1 Å². The van der Waals surface area contributed by atoms with Crippen molar-refractivity contribution in [1.82, 2.24) is 0 Å². The fraction of sp³-hybridized carbons (Fsp3) is 0.176. The maximum absolute atomic E-state index is 13.7. The quantitative estimate of drug-likeness (QED) is 0.439. The van der Waals surface area contributed by atoms with E-state index in [2.05, 4.69) is 0 Å². The fourth-order valence-electron chi connectivity index (χ4n) is 2.48. The molecule has 1 aliphatic heterocycles. The van der Waals surface area contributed by atoms with Crippen LogP contribution in [0.4, 0.5) is 15.8 Å². The van der Waals surface area contributed by atoms with Gasteiger partial charge < -0.3 is 9.47 Å². The minimum Gasteiger partial charge on any atom is -0.482 e. The molecule has 0 aliphatic carbocycles. The van der Waals surface area contributed by atoms with Crippen LogP contribution in [-0.4, -0.2) is 30.0 Å². The van der Waals surface area contributed by atoms with E-state index in [1.165, 1.54) is 30.3 Å². The normalized spacial score (nSPS) is 13.0. The van der Waals surface area contributed by atoms with Gasteiger partial charge >= 0.3 is 5.97 Å². The van der Waals surface area contributed by atoms with Crippen LogP contribution in [0, 0.1) is 15.9 Å². The molecule has 0 fully saturated rings. The molecular weight excluding hydrogens is 383 g/mol. The van der Waals surface area contributed by atoms with Gasteiger partial charge in [-0.25, -0.2) is 4.39 Å². The zero-order chi connectivity index (χ0) is 19.6. The van der Waals surface area contributed by atoms with Gasteiger partial charge in [-0.3, -0.25) is 24.6 Å². The average molecular weight is 395 g/mol. The first-order valence-electron chi connectivity index (χ1n) is 7.67. The van der Waals surface area contributed by atoms with E-state index in [9.17, 15) is 24.1 Å². The second kappa shape index (κ2) is 7.58. The molecule has 3 rings (SSSR count). The molecule has 0 saturated heterocycles. The number of non-ortho nitro benzene ring substituents is 1. The molecule has 2 aromatic carbocycles. The van der Waals surface area contributed by atoms with Crippen molar-refractivity contribution in [2.24, 2.45) is 0 Å². The van der Waals surface area contributed by atoms with Gasteiger partial charge in [-0.1, -0.05) is 17.7 Å². The van der Waals surface area contributed by atoms with Gasteiger partial charge in [0.1, 0.15) is 24.7 Å². The number of anilines is 1. The minimum absolute atomic E-state index is 0.0110. The van der Waals surface area contributed by atoms with Crippen molar-refractivity contribution in [3.8, 4) is 5.75 Å². The molecule has 10 heteroatoms. The Hall–Kier alpha value is -3.20. The van der Waals surface area contributed by atoms with Crippen LogP contribution in [0.25, 0.3) is 0 Å². The molecule has 0 saturated carbocycles. The lowest BCUT2D eigenvalue weighted by molar-refractivity contribution is -0.384. The van der Waals surface area contributed by atoms with E-state index < -0.39 is 35.8 Å². The van der Waals surface area contributed by atoms with E-state index in [1.54, 1.807) is 0 Å². The second-order valence-electron chi connectivity index (χ2n) is 5.54. The lowest BCUT2D eigenvalue weighted by Gasteiger charge is -2.28. The third-order valence-corrected chi connectivity index (χ3v) is 4.18. The molecule has 0 spiro atoms. The number of nitro benzene ring substituents is 1. The average Bonchev–Trinajstić information content (AvgIpc) is 2.63. The number of carbonyl (C=O) groups excluding carboxylic acids is 2. The van der Waals surface area contributed by atoms with Gasteiger partial charge in [-0.2, -0.15) is 0 Å². The minimum atomic E-state index is -0.831. The van der Waals surface area contributed by atoms with Crippen molar-refractivity contribution in [3.63, 3.8) is 0 Å². The molecule has 1 aliphatic rings. The Labute approximate surface area is 157 Å². The van der Waals surface area contributed by atoms with Crippen molar-refractivity contribution < 1.29 is 28.4 Å². The zero-order valence-corrected chi connectivity index (χ0v) is 14.4. The van der Waals surface area contributed by atoms with Gasteiger partial charge in [0.05, 0.1) is 15.6 Å². The Balaban J connectivity index is 1.75. The summed E-state index contributed by atoms with van der Waals surface area (Å²) in [6, 6.07) is 7.75. The first-order valence-corrected chi connectivity index (χ1v) is 8.04. The number of hydrogen-bond acceptors (Lipinski definition) is 6. The first-order chi connectivity index (χ1) is 12.9. The van der Waals surface area contributed by atoms with Crippen molar-refractivity contribution in [2.45, 2.75) is 6.61 Å². The summed E-state index contributed by atoms with van der Waals surface area (Å²) < 4.78 is 23.9. The number of hydrogen-bond donors (Lipinski definition) is 0. The number of esters is 1. The number of fused-ring (bicyclic) bond motifs is 1. The number of halogens is 2. The molecule has 140 valence electrons. The Bertz CT molecular complexity index is 915. The number of nitro groups is 1. The van der Waals surface area contributed by atoms with Crippen molar-refractivity contribution in [3.05, 3.63) is 62.9 Å². The molecule has 0 bridgehead atoms. The first kappa shape index (κ1) is 18.6. The highest BCUT2D eigenvalue weighted by atomic mass is 35.5. The van der Waals surface area contributed by atoms with E-state index in [1.807, 2.05) is 0 Å². The van der Waals surface area contributed by atoms with Crippen LogP contribution in [0.15, 0.2) is 36.4 Å². The summed E-state index contributed by atoms with van der Waals surface area (Å²) in [5.41, 5.74) is -0.165. The molecule has 1 amide bonds. The van der Waals surface area contributed by atoms with E-state index in [0.29, 0.717) is 0 Å². The zero-order valence-electron chi connectivity index (χ0n) is 13.7. The van der Waals surface area contributed by atoms with Crippen LogP contribution >= 0.6 is 11.6 Å². The van der Waals surface area contributed by atoms with Gasteiger partial charge in [0, 0.05) is 17.7 Å². The number of rotatable bonds is 5. The highest BCUT2D eigenvalue weighted by Gasteiger charge is 2.29. The summed E-state index contributed by atoms with van der Waals surface area (Å²) in [6.45, 7) is -1.25. The summed E-state index contributed by atoms with van der Waals surface area (Å²) >= 11 is 5.87. The van der Waals surface area contributed by atoms with Crippen LogP contribution < -0.4 is 9.64 Å². The highest BCUT2D eigenvalue weighted by Crippen LogP contribution is 2.35. The number of nitrogens with zero attached hydrogens (tertiary/aromatic N) is 2. The number of carbonyl (C=O) groups is 2. The molecule has 0 aromatic heterocycles. The standard InChI is InChI=1S/C17H12ClFN2O6/c18-12-2-1-3-13(19)11(12)8-27-17(23)7-20-14-6-10(21(24)25)4-5-15(14)26-9-16(20)22/h1-6H,7-9H2.